The molecule has 1 aromatic heterocycles. The number of halogens is 2. The van der Waals surface area contributed by atoms with Crippen molar-refractivity contribution in [3.63, 3.8) is 0 Å². The lowest BCUT2D eigenvalue weighted by Gasteiger charge is -2.12. The average Bonchev–Trinajstić information content (AvgIpc) is 3.26. The molecular formula is C16H19ClFN5O3S. The summed E-state index contributed by atoms with van der Waals surface area (Å²) in [7, 11) is -1.98. The van der Waals surface area contributed by atoms with Crippen molar-refractivity contribution in [1.82, 2.24) is 25.1 Å². The summed E-state index contributed by atoms with van der Waals surface area (Å²) < 4.78 is 40.1. The van der Waals surface area contributed by atoms with Gasteiger partial charge in [-0.1, -0.05) is 11.6 Å². The highest BCUT2D eigenvalue weighted by molar-refractivity contribution is 7.89. The van der Waals surface area contributed by atoms with Crippen LogP contribution in [0.4, 0.5) is 4.39 Å². The molecule has 0 saturated carbocycles. The highest BCUT2D eigenvalue weighted by Crippen LogP contribution is 2.27. The van der Waals surface area contributed by atoms with Crippen LogP contribution in [0.2, 0.25) is 5.02 Å². The number of nitrogens with zero attached hydrogens (tertiary/aromatic N) is 2. The third-order valence-corrected chi connectivity index (χ3v) is 5.81. The molecule has 27 heavy (non-hydrogen) atoms. The minimum atomic E-state index is -3.74. The molecule has 3 N–H and O–H groups in total. The van der Waals surface area contributed by atoms with E-state index in [1.807, 2.05) is 10.3 Å². The van der Waals surface area contributed by atoms with Gasteiger partial charge in [0.15, 0.2) is 5.82 Å². The smallest absolute Gasteiger partial charge is 0.269 e. The molecule has 0 unspecified atom stereocenters. The van der Waals surface area contributed by atoms with Crippen LogP contribution in [-0.2, 0) is 17.1 Å². The number of benzene rings is 1. The van der Waals surface area contributed by atoms with Crippen LogP contribution in [0.5, 0.6) is 0 Å². The molecule has 2 heterocycles. The Bertz CT molecular complexity index is 957. The number of carbonyl (C=O) groups is 1. The summed E-state index contributed by atoms with van der Waals surface area (Å²) in [6.07, 6.45) is 3.98. The summed E-state index contributed by atoms with van der Waals surface area (Å²) in [5.74, 6) is -2.04. The first-order valence-corrected chi connectivity index (χ1v) is 10.3. The lowest BCUT2D eigenvalue weighted by Crippen LogP contribution is -2.44. The largest absolute Gasteiger partial charge is 0.340 e. The molecule has 11 heteroatoms. The summed E-state index contributed by atoms with van der Waals surface area (Å²) in [6.45, 7) is 1.36. The van der Waals surface area contributed by atoms with Crippen molar-refractivity contribution < 1.29 is 17.6 Å². The van der Waals surface area contributed by atoms with Gasteiger partial charge in [-0.2, -0.15) is 0 Å². The Kier molecular flexibility index (Phi) is 5.80. The number of nitrogens with one attached hydrogen (secondary N) is 3. The lowest BCUT2D eigenvalue weighted by atomic mass is 10.1. The van der Waals surface area contributed by atoms with Crippen LogP contribution in [0, 0.1) is 11.7 Å². The normalized spacial score (nSPS) is 17.2. The number of hydrogen-bond acceptors (Lipinski definition) is 5. The van der Waals surface area contributed by atoms with Crippen molar-refractivity contribution in [2.45, 2.75) is 6.42 Å². The monoisotopic (exact) mass is 415 g/mol. The third-order valence-electron chi connectivity index (χ3n) is 4.21. The second kappa shape index (κ2) is 7.93. The van der Waals surface area contributed by atoms with Crippen LogP contribution in [0.25, 0.3) is 11.3 Å². The predicted octanol–water partition coefficient (Wildman–Crippen LogP) is 1.05. The molecule has 0 spiro atoms. The van der Waals surface area contributed by atoms with Gasteiger partial charge in [0, 0.05) is 18.8 Å². The van der Waals surface area contributed by atoms with E-state index < -0.39 is 21.7 Å². The van der Waals surface area contributed by atoms with E-state index in [0.29, 0.717) is 17.8 Å². The van der Waals surface area contributed by atoms with Crippen LogP contribution in [0.15, 0.2) is 24.7 Å². The van der Waals surface area contributed by atoms with Gasteiger partial charge in [-0.3, -0.25) is 10.2 Å². The van der Waals surface area contributed by atoms with Crippen LogP contribution in [0.1, 0.15) is 16.8 Å². The number of aromatic nitrogens is 2. The minimum Gasteiger partial charge on any atom is -0.340 e. The summed E-state index contributed by atoms with van der Waals surface area (Å²) in [4.78, 5) is 18.5. The highest BCUT2D eigenvalue weighted by Gasteiger charge is 2.24. The average molecular weight is 416 g/mol. The van der Waals surface area contributed by atoms with Gasteiger partial charge in [-0.05, 0) is 37.6 Å². The van der Waals surface area contributed by atoms with E-state index in [9.17, 15) is 17.6 Å². The number of amides is 1. The standard InChI is InChI=1S/C16H19ClFN5O3S/c1-23-7-14(20-9-23)11-4-12(15(18)13(17)5-11)16(24)21-22-27(25,26)8-10-2-3-19-6-10/h4-5,7,9-10,19,22H,2-3,6,8H2,1H3,(H,21,24)/t10-/m1/s1. The molecule has 0 aliphatic carbocycles. The number of hydrogen-bond donors (Lipinski definition) is 3. The molecule has 0 bridgehead atoms. The lowest BCUT2D eigenvalue weighted by molar-refractivity contribution is 0.0941. The third kappa shape index (κ3) is 4.83. The SMILES string of the molecule is Cn1cnc(-c2cc(Cl)c(F)c(C(=O)NNS(=O)(=O)C[C@@H]3CCNC3)c2)c1. The molecule has 0 radical (unpaired) electrons. The second-order valence-corrected chi connectivity index (χ2v) is 8.61. The Morgan fingerprint density at radius 1 is 1.48 bits per heavy atom. The molecule has 1 saturated heterocycles. The molecule has 8 nitrogen and oxygen atoms in total. The summed E-state index contributed by atoms with van der Waals surface area (Å²) in [6, 6.07) is 2.63. The molecule has 1 aliphatic heterocycles. The van der Waals surface area contributed by atoms with Crippen molar-refractivity contribution in [2.24, 2.45) is 13.0 Å². The quantitative estimate of drug-likeness (QED) is 0.612. The van der Waals surface area contributed by atoms with Gasteiger partial charge in [0.2, 0.25) is 10.0 Å². The van der Waals surface area contributed by atoms with E-state index in [2.05, 4.69) is 10.3 Å². The Morgan fingerprint density at radius 2 is 2.26 bits per heavy atom. The number of rotatable bonds is 6. The van der Waals surface area contributed by atoms with E-state index in [1.165, 1.54) is 12.1 Å². The summed E-state index contributed by atoms with van der Waals surface area (Å²) in [5, 5.41) is 2.81. The van der Waals surface area contributed by atoms with Crippen LogP contribution < -0.4 is 15.6 Å². The van der Waals surface area contributed by atoms with Gasteiger partial charge in [-0.15, -0.1) is 4.83 Å². The van der Waals surface area contributed by atoms with Crippen LogP contribution >= 0.6 is 11.6 Å². The Balaban J connectivity index is 1.74. The molecule has 1 amide bonds. The molecule has 146 valence electrons. The van der Waals surface area contributed by atoms with Crippen LogP contribution in [0.3, 0.4) is 0 Å². The maximum atomic E-state index is 14.3. The fraction of sp³-hybridized carbons (Fsp3) is 0.375. The molecule has 1 atom stereocenters. The first-order chi connectivity index (χ1) is 12.7. The summed E-state index contributed by atoms with van der Waals surface area (Å²) in [5.41, 5.74) is 2.60. The second-order valence-electron chi connectivity index (χ2n) is 6.44. The number of carbonyl (C=O) groups excluding carboxylic acids is 1. The van der Waals surface area contributed by atoms with Crippen molar-refractivity contribution in [1.29, 1.82) is 0 Å². The first kappa shape index (κ1) is 19.7. The summed E-state index contributed by atoms with van der Waals surface area (Å²) >= 11 is 5.89. The van der Waals surface area contributed by atoms with E-state index in [0.717, 1.165) is 13.0 Å². The van der Waals surface area contributed by atoms with Gasteiger partial charge in [-0.25, -0.2) is 17.8 Å². The van der Waals surface area contributed by atoms with E-state index >= 15 is 0 Å². The fourth-order valence-corrected chi connectivity index (χ4v) is 4.32. The maximum absolute atomic E-state index is 14.3. The Labute approximate surface area is 161 Å². The molecule has 3 rings (SSSR count). The number of imidazole rings is 1. The zero-order valence-corrected chi connectivity index (χ0v) is 16.1. The van der Waals surface area contributed by atoms with E-state index in [-0.39, 0.29) is 22.3 Å². The van der Waals surface area contributed by atoms with Gasteiger partial charge < -0.3 is 9.88 Å². The van der Waals surface area contributed by atoms with Crippen molar-refractivity contribution in [3.8, 4) is 11.3 Å². The number of aryl methyl sites for hydroxylation is 1. The van der Waals surface area contributed by atoms with Gasteiger partial charge in [0.05, 0.1) is 28.4 Å². The Hall–Kier alpha value is -2.01. The van der Waals surface area contributed by atoms with E-state index in [1.54, 1.807) is 24.1 Å². The van der Waals surface area contributed by atoms with Crippen molar-refractivity contribution in [2.75, 3.05) is 18.8 Å². The maximum Gasteiger partial charge on any atom is 0.269 e. The fourth-order valence-electron chi connectivity index (χ4n) is 2.86. The highest BCUT2D eigenvalue weighted by atomic mass is 35.5. The Morgan fingerprint density at radius 3 is 2.89 bits per heavy atom. The molecule has 1 fully saturated rings. The topological polar surface area (TPSA) is 105 Å². The number of sulfonamides is 1. The van der Waals surface area contributed by atoms with Crippen LogP contribution in [-0.4, -0.2) is 42.7 Å². The van der Waals surface area contributed by atoms with Crippen molar-refractivity contribution in [3.05, 3.63) is 41.1 Å². The molecule has 1 aliphatic rings. The molecule has 1 aromatic carbocycles. The van der Waals surface area contributed by atoms with Gasteiger partial charge in [0.25, 0.3) is 5.91 Å². The molecular weight excluding hydrogens is 397 g/mol. The minimum absolute atomic E-state index is 0.0296. The van der Waals surface area contributed by atoms with Crippen molar-refractivity contribution >= 4 is 27.5 Å². The number of hydrazine groups is 1. The zero-order valence-electron chi connectivity index (χ0n) is 14.5. The van der Waals surface area contributed by atoms with E-state index in [4.69, 9.17) is 11.6 Å². The van der Waals surface area contributed by atoms with Gasteiger partial charge in [0.1, 0.15) is 0 Å². The van der Waals surface area contributed by atoms with Gasteiger partial charge >= 0.3 is 0 Å². The molecule has 2 aromatic rings. The predicted molar refractivity (Wildman–Crippen MR) is 99.0 cm³/mol. The first-order valence-electron chi connectivity index (χ1n) is 8.23. The zero-order chi connectivity index (χ0) is 19.6.